The smallest absolute Gasteiger partial charge is 0.225 e. The maximum atomic E-state index is 12.8. The van der Waals surface area contributed by atoms with E-state index < -0.39 is 0 Å². The molecular formula is C20H36N4O2. The van der Waals surface area contributed by atoms with Gasteiger partial charge in [-0.05, 0) is 32.6 Å². The van der Waals surface area contributed by atoms with Crippen LogP contribution in [0.15, 0.2) is 0 Å². The van der Waals surface area contributed by atoms with E-state index in [4.69, 9.17) is 0 Å². The van der Waals surface area contributed by atoms with Crippen LogP contribution in [0.3, 0.4) is 0 Å². The van der Waals surface area contributed by atoms with Gasteiger partial charge < -0.3 is 20.4 Å². The van der Waals surface area contributed by atoms with Crippen LogP contribution in [0, 0.1) is 11.8 Å². The van der Waals surface area contributed by atoms with Crippen LogP contribution in [0.1, 0.15) is 53.4 Å². The molecule has 2 amide bonds. The molecule has 3 atom stereocenters. The van der Waals surface area contributed by atoms with Crippen molar-refractivity contribution < 1.29 is 9.59 Å². The molecule has 1 spiro atoms. The van der Waals surface area contributed by atoms with E-state index in [0.29, 0.717) is 11.9 Å². The summed E-state index contributed by atoms with van der Waals surface area (Å²) >= 11 is 0. The SMILES string of the molecule is CC1CN(C(=O)C(C)C)CC(CCC(C)C(=O)N2CCNC3(CC3)C2)N1. The van der Waals surface area contributed by atoms with Crippen molar-refractivity contribution in [3.63, 3.8) is 0 Å². The molecule has 0 aromatic carbocycles. The zero-order valence-corrected chi connectivity index (χ0v) is 16.9. The molecule has 0 radical (unpaired) electrons. The first-order chi connectivity index (χ1) is 12.3. The van der Waals surface area contributed by atoms with Gasteiger partial charge in [-0.1, -0.05) is 20.8 Å². The summed E-state index contributed by atoms with van der Waals surface area (Å²) in [7, 11) is 0. The highest BCUT2D eigenvalue weighted by Gasteiger charge is 2.46. The molecule has 148 valence electrons. The quantitative estimate of drug-likeness (QED) is 0.770. The molecule has 3 fully saturated rings. The van der Waals surface area contributed by atoms with Gasteiger partial charge in [0.25, 0.3) is 0 Å². The van der Waals surface area contributed by atoms with E-state index in [0.717, 1.165) is 45.6 Å². The lowest BCUT2D eigenvalue weighted by Gasteiger charge is -2.39. The molecule has 1 aliphatic carbocycles. The topological polar surface area (TPSA) is 64.7 Å². The summed E-state index contributed by atoms with van der Waals surface area (Å²) in [6, 6.07) is 0.597. The molecule has 2 saturated heterocycles. The average molecular weight is 365 g/mol. The lowest BCUT2D eigenvalue weighted by atomic mass is 9.97. The number of piperazine rings is 2. The second kappa shape index (κ2) is 7.85. The molecule has 26 heavy (non-hydrogen) atoms. The number of hydrogen-bond acceptors (Lipinski definition) is 4. The summed E-state index contributed by atoms with van der Waals surface area (Å²) in [4.78, 5) is 29.2. The molecule has 3 aliphatic rings. The third-order valence-corrected chi connectivity index (χ3v) is 6.17. The van der Waals surface area contributed by atoms with Crippen molar-refractivity contribution in [2.24, 2.45) is 11.8 Å². The average Bonchev–Trinajstić information content (AvgIpc) is 3.36. The first-order valence-corrected chi connectivity index (χ1v) is 10.4. The van der Waals surface area contributed by atoms with Crippen molar-refractivity contribution in [2.45, 2.75) is 71.0 Å². The van der Waals surface area contributed by atoms with Gasteiger partial charge in [0.1, 0.15) is 0 Å². The van der Waals surface area contributed by atoms with Crippen LogP contribution in [0.25, 0.3) is 0 Å². The Bertz CT molecular complexity index is 532. The number of rotatable bonds is 5. The molecular weight excluding hydrogens is 328 g/mol. The monoisotopic (exact) mass is 364 g/mol. The lowest BCUT2D eigenvalue weighted by molar-refractivity contribution is -0.138. The summed E-state index contributed by atoms with van der Waals surface area (Å²) < 4.78 is 0. The summed E-state index contributed by atoms with van der Waals surface area (Å²) in [5.41, 5.74) is 0.242. The van der Waals surface area contributed by atoms with Crippen molar-refractivity contribution in [3.05, 3.63) is 0 Å². The fraction of sp³-hybridized carbons (Fsp3) is 0.900. The molecule has 0 aromatic heterocycles. The Balaban J connectivity index is 1.47. The zero-order chi connectivity index (χ0) is 18.9. The number of nitrogens with one attached hydrogen (secondary N) is 2. The fourth-order valence-electron chi connectivity index (χ4n) is 4.42. The van der Waals surface area contributed by atoms with E-state index in [1.165, 1.54) is 12.8 Å². The predicted octanol–water partition coefficient (Wildman–Crippen LogP) is 1.21. The minimum Gasteiger partial charge on any atom is -0.339 e. The van der Waals surface area contributed by atoms with E-state index in [9.17, 15) is 9.59 Å². The third kappa shape index (κ3) is 4.58. The van der Waals surface area contributed by atoms with E-state index in [-0.39, 0.29) is 29.3 Å². The Morgan fingerprint density at radius 2 is 1.85 bits per heavy atom. The summed E-state index contributed by atoms with van der Waals surface area (Å²) in [5.74, 6) is 0.640. The minimum atomic E-state index is 0.0453. The van der Waals surface area contributed by atoms with Crippen molar-refractivity contribution in [2.75, 3.05) is 32.7 Å². The Labute approximate surface area is 158 Å². The molecule has 6 nitrogen and oxygen atoms in total. The normalized spacial score (nSPS) is 29.1. The maximum absolute atomic E-state index is 12.8. The maximum Gasteiger partial charge on any atom is 0.225 e. The number of hydrogen-bond donors (Lipinski definition) is 2. The standard InChI is InChI=1S/C20H36N4O2/c1-14(2)18(25)24-11-16(4)22-17(12-24)6-5-15(3)19(26)23-10-9-21-20(13-23)7-8-20/h14-17,21-22H,5-13H2,1-4H3. The number of carbonyl (C=O) groups is 2. The first kappa shape index (κ1) is 19.6. The molecule has 1 saturated carbocycles. The highest BCUT2D eigenvalue weighted by Crippen LogP contribution is 2.37. The largest absolute Gasteiger partial charge is 0.339 e. The van der Waals surface area contributed by atoms with Gasteiger partial charge in [-0.2, -0.15) is 0 Å². The molecule has 3 rings (SSSR count). The van der Waals surface area contributed by atoms with Gasteiger partial charge in [0, 0.05) is 62.2 Å². The van der Waals surface area contributed by atoms with Gasteiger partial charge in [-0.25, -0.2) is 0 Å². The highest BCUT2D eigenvalue weighted by atomic mass is 16.2. The van der Waals surface area contributed by atoms with Crippen molar-refractivity contribution in [1.82, 2.24) is 20.4 Å². The second-order valence-corrected chi connectivity index (χ2v) is 9.11. The van der Waals surface area contributed by atoms with E-state index in [1.54, 1.807) is 0 Å². The predicted molar refractivity (Wildman–Crippen MR) is 103 cm³/mol. The molecule has 2 aliphatic heterocycles. The van der Waals surface area contributed by atoms with Crippen molar-refractivity contribution in [1.29, 1.82) is 0 Å². The highest BCUT2D eigenvalue weighted by molar-refractivity contribution is 5.79. The van der Waals surface area contributed by atoms with Crippen molar-refractivity contribution in [3.8, 4) is 0 Å². The number of carbonyl (C=O) groups excluding carboxylic acids is 2. The van der Waals surface area contributed by atoms with Crippen LogP contribution in [-0.2, 0) is 9.59 Å². The van der Waals surface area contributed by atoms with Crippen LogP contribution >= 0.6 is 0 Å². The van der Waals surface area contributed by atoms with E-state index in [2.05, 4.69) is 29.4 Å². The van der Waals surface area contributed by atoms with Crippen LogP contribution < -0.4 is 10.6 Å². The number of amides is 2. The summed E-state index contributed by atoms with van der Waals surface area (Å²) in [6.45, 7) is 12.3. The van der Waals surface area contributed by atoms with Crippen molar-refractivity contribution >= 4 is 11.8 Å². The zero-order valence-electron chi connectivity index (χ0n) is 16.9. The molecule has 3 unspecified atom stereocenters. The Hall–Kier alpha value is -1.14. The van der Waals surface area contributed by atoms with Crippen LogP contribution in [0.2, 0.25) is 0 Å². The Kier molecular flexibility index (Phi) is 5.92. The minimum absolute atomic E-state index is 0.0453. The lowest BCUT2D eigenvalue weighted by Crippen LogP contribution is -2.58. The molecule has 2 heterocycles. The first-order valence-electron chi connectivity index (χ1n) is 10.4. The van der Waals surface area contributed by atoms with E-state index >= 15 is 0 Å². The van der Waals surface area contributed by atoms with Gasteiger partial charge >= 0.3 is 0 Å². The third-order valence-electron chi connectivity index (χ3n) is 6.17. The van der Waals surface area contributed by atoms with E-state index in [1.807, 2.05) is 18.7 Å². The molecule has 2 N–H and O–H groups in total. The van der Waals surface area contributed by atoms with Crippen LogP contribution in [0.4, 0.5) is 0 Å². The van der Waals surface area contributed by atoms with Gasteiger partial charge in [0.2, 0.25) is 11.8 Å². The number of nitrogens with zero attached hydrogens (tertiary/aromatic N) is 2. The van der Waals surface area contributed by atoms with Gasteiger partial charge in [-0.3, -0.25) is 9.59 Å². The fourth-order valence-corrected chi connectivity index (χ4v) is 4.42. The van der Waals surface area contributed by atoms with Crippen LogP contribution in [0.5, 0.6) is 0 Å². The molecule has 6 heteroatoms. The van der Waals surface area contributed by atoms with Gasteiger partial charge in [0.05, 0.1) is 0 Å². The Morgan fingerprint density at radius 1 is 1.12 bits per heavy atom. The van der Waals surface area contributed by atoms with Gasteiger partial charge in [0.15, 0.2) is 0 Å². The molecule has 0 aromatic rings. The summed E-state index contributed by atoms with van der Waals surface area (Å²) in [6.07, 6.45) is 4.23. The Morgan fingerprint density at radius 3 is 2.50 bits per heavy atom. The van der Waals surface area contributed by atoms with Crippen LogP contribution in [-0.4, -0.2) is 72.0 Å². The summed E-state index contributed by atoms with van der Waals surface area (Å²) in [5, 5.41) is 7.17. The molecule has 0 bridgehead atoms. The second-order valence-electron chi connectivity index (χ2n) is 9.11. The van der Waals surface area contributed by atoms with Gasteiger partial charge in [-0.15, -0.1) is 0 Å².